The zero-order valence-electron chi connectivity index (χ0n) is 12.9. The number of carbonyl (C=O) groups excluding carboxylic acids is 1. The molecule has 0 aromatic heterocycles. The van der Waals surface area contributed by atoms with Gasteiger partial charge in [-0.25, -0.2) is 9.59 Å². The molecule has 0 aliphatic carbocycles. The molecule has 0 spiro atoms. The average Bonchev–Trinajstić information content (AvgIpc) is 2.78. The van der Waals surface area contributed by atoms with Crippen LogP contribution in [0, 0.1) is 0 Å². The second-order valence-corrected chi connectivity index (χ2v) is 6.56. The first-order valence-electron chi connectivity index (χ1n) is 7.13. The molecule has 0 saturated carbocycles. The van der Waals surface area contributed by atoms with Crippen LogP contribution in [0.3, 0.4) is 0 Å². The summed E-state index contributed by atoms with van der Waals surface area (Å²) in [6, 6.07) is 7.66. The van der Waals surface area contributed by atoms with Gasteiger partial charge < -0.3 is 14.9 Å². The van der Waals surface area contributed by atoms with Crippen molar-refractivity contribution in [3.8, 4) is 0 Å². The Balaban J connectivity index is 2.27. The number of aliphatic hydroxyl groups is 1. The molecule has 0 unspecified atom stereocenters. The normalized spacial score (nSPS) is 25.1. The fourth-order valence-electron chi connectivity index (χ4n) is 2.58. The van der Waals surface area contributed by atoms with Crippen molar-refractivity contribution in [2.24, 2.45) is 0 Å². The van der Waals surface area contributed by atoms with Crippen molar-refractivity contribution in [1.82, 2.24) is 4.90 Å². The molecule has 1 aliphatic rings. The van der Waals surface area contributed by atoms with Gasteiger partial charge in [-0.2, -0.15) is 0 Å². The number of nitrogens with zero attached hydrogens (tertiary/aromatic N) is 1. The van der Waals surface area contributed by atoms with E-state index in [0.717, 1.165) is 4.90 Å². The Hall–Kier alpha value is -2.08. The van der Waals surface area contributed by atoms with Crippen LogP contribution in [0.25, 0.3) is 0 Å². The van der Waals surface area contributed by atoms with Gasteiger partial charge in [0.15, 0.2) is 0 Å². The van der Waals surface area contributed by atoms with E-state index in [1.165, 1.54) is 0 Å². The van der Waals surface area contributed by atoms with Crippen LogP contribution in [0.4, 0.5) is 4.79 Å². The summed E-state index contributed by atoms with van der Waals surface area (Å²) in [6.45, 7) is 5.02. The molecule has 1 fully saturated rings. The predicted octanol–water partition coefficient (Wildman–Crippen LogP) is 1.97. The molecule has 1 saturated heterocycles. The number of carbonyl (C=O) groups is 2. The standard InChI is InChI=1S/C16H21NO5/c1-15(2,3)22-14(20)17-10-16(21,9-12(17)13(18)19)11-7-5-4-6-8-11/h4-8,12,21H,9-10H2,1-3H3,(H,18,19)/t12-,16+/m0/s1. The third-order valence-corrected chi connectivity index (χ3v) is 3.56. The van der Waals surface area contributed by atoms with E-state index in [9.17, 15) is 19.8 Å². The summed E-state index contributed by atoms with van der Waals surface area (Å²) in [5.74, 6) is -1.15. The van der Waals surface area contributed by atoms with E-state index < -0.39 is 29.3 Å². The Labute approximate surface area is 129 Å². The van der Waals surface area contributed by atoms with Gasteiger partial charge in [0, 0.05) is 6.42 Å². The zero-order valence-corrected chi connectivity index (χ0v) is 12.9. The second kappa shape index (κ2) is 5.61. The number of benzene rings is 1. The maximum atomic E-state index is 12.2. The first-order valence-corrected chi connectivity index (χ1v) is 7.13. The minimum absolute atomic E-state index is 0.0639. The largest absolute Gasteiger partial charge is 0.480 e. The Morgan fingerprint density at radius 1 is 1.27 bits per heavy atom. The van der Waals surface area contributed by atoms with Crippen molar-refractivity contribution >= 4 is 12.1 Å². The number of carboxylic acids is 1. The highest BCUT2D eigenvalue weighted by atomic mass is 16.6. The minimum atomic E-state index is -1.39. The molecule has 0 bridgehead atoms. The number of rotatable bonds is 2. The number of aliphatic carboxylic acids is 1. The first-order chi connectivity index (χ1) is 10.1. The van der Waals surface area contributed by atoms with E-state index in [-0.39, 0.29) is 13.0 Å². The van der Waals surface area contributed by atoms with Crippen LogP contribution in [0.5, 0.6) is 0 Å². The number of amides is 1. The quantitative estimate of drug-likeness (QED) is 0.872. The van der Waals surface area contributed by atoms with Gasteiger partial charge in [-0.1, -0.05) is 30.3 Å². The van der Waals surface area contributed by atoms with Crippen molar-refractivity contribution < 1.29 is 24.5 Å². The fraction of sp³-hybridized carbons (Fsp3) is 0.500. The van der Waals surface area contributed by atoms with E-state index in [0.29, 0.717) is 5.56 Å². The van der Waals surface area contributed by atoms with E-state index in [1.807, 2.05) is 6.07 Å². The molecule has 1 aromatic carbocycles. The molecular formula is C16H21NO5. The molecule has 1 heterocycles. The van der Waals surface area contributed by atoms with Crippen LogP contribution >= 0.6 is 0 Å². The second-order valence-electron chi connectivity index (χ2n) is 6.56. The van der Waals surface area contributed by atoms with Gasteiger partial charge in [0.2, 0.25) is 0 Å². The van der Waals surface area contributed by atoms with E-state index in [4.69, 9.17) is 4.74 Å². The van der Waals surface area contributed by atoms with Crippen molar-refractivity contribution in [2.45, 2.75) is 44.4 Å². The van der Waals surface area contributed by atoms with Crippen molar-refractivity contribution in [3.63, 3.8) is 0 Å². The Kier molecular flexibility index (Phi) is 4.15. The molecule has 2 N–H and O–H groups in total. The van der Waals surface area contributed by atoms with Gasteiger partial charge in [-0.15, -0.1) is 0 Å². The molecule has 2 atom stereocenters. The number of carboxylic acid groups (broad SMARTS) is 1. The molecule has 1 aliphatic heterocycles. The maximum absolute atomic E-state index is 12.2. The number of β-amino-alcohol motifs (C(OH)–C–C–N with tert-alkyl or cyclic N) is 1. The third kappa shape index (κ3) is 3.39. The van der Waals surface area contributed by atoms with Crippen LogP contribution in [0.1, 0.15) is 32.8 Å². The monoisotopic (exact) mass is 307 g/mol. The van der Waals surface area contributed by atoms with Crippen LogP contribution < -0.4 is 0 Å². The lowest BCUT2D eigenvalue weighted by Crippen LogP contribution is -2.43. The highest BCUT2D eigenvalue weighted by molar-refractivity contribution is 5.81. The maximum Gasteiger partial charge on any atom is 0.411 e. The Bertz CT molecular complexity index is 566. The average molecular weight is 307 g/mol. The Morgan fingerprint density at radius 2 is 1.86 bits per heavy atom. The smallest absolute Gasteiger partial charge is 0.411 e. The van der Waals surface area contributed by atoms with Gasteiger partial charge in [-0.05, 0) is 26.3 Å². The van der Waals surface area contributed by atoms with E-state index in [1.54, 1.807) is 45.0 Å². The van der Waals surface area contributed by atoms with Crippen LogP contribution in [0.15, 0.2) is 30.3 Å². The summed E-state index contributed by atoms with van der Waals surface area (Å²) < 4.78 is 5.24. The van der Waals surface area contributed by atoms with E-state index >= 15 is 0 Å². The molecule has 1 amide bonds. The lowest BCUT2D eigenvalue weighted by molar-refractivity contribution is -0.142. The number of hydrogen-bond acceptors (Lipinski definition) is 4. The fourth-order valence-corrected chi connectivity index (χ4v) is 2.58. The van der Waals surface area contributed by atoms with Crippen molar-refractivity contribution in [3.05, 3.63) is 35.9 Å². The number of hydrogen-bond donors (Lipinski definition) is 2. The molecule has 6 nitrogen and oxygen atoms in total. The topological polar surface area (TPSA) is 87.1 Å². The molecule has 2 rings (SSSR count). The zero-order chi connectivity index (χ0) is 16.5. The summed E-state index contributed by atoms with van der Waals surface area (Å²) >= 11 is 0. The van der Waals surface area contributed by atoms with Crippen molar-refractivity contribution in [2.75, 3.05) is 6.54 Å². The highest BCUT2D eigenvalue weighted by Gasteiger charge is 2.50. The first kappa shape index (κ1) is 16.3. The summed E-state index contributed by atoms with van der Waals surface area (Å²) in [6.07, 6.45) is -0.794. The predicted molar refractivity (Wildman–Crippen MR) is 79.3 cm³/mol. The molecule has 1 aromatic rings. The number of ether oxygens (including phenoxy) is 1. The lowest BCUT2D eigenvalue weighted by Gasteiger charge is -2.27. The van der Waals surface area contributed by atoms with Gasteiger partial charge in [0.05, 0.1) is 6.54 Å². The van der Waals surface area contributed by atoms with Crippen LogP contribution in [-0.4, -0.2) is 45.4 Å². The SMILES string of the molecule is CC(C)(C)OC(=O)N1C[C@@](O)(c2ccccc2)C[C@H]1C(=O)O. The third-order valence-electron chi connectivity index (χ3n) is 3.56. The molecule has 22 heavy (non-hydrogen) atoms. The summed E-state index contributed by atoms with van der Waals surface area (Å²) in [5.41, 5.74) is -1.53. The van der Waals surface area contributed by atoms with E-state index in [2.05, 4.69) is 0 Å². The minimum Gasteiger partial charge on any atom is -0.480 e. The molecular weight excluding hydrogens is 286 g/mol. The van der Waals surface area contributed by atoms with Gasteiger partial charge >= 0.3 is 12.1 Å². The van der Waals surface area contributed by atoms with Crippen LogP contribution in [-0.2, 0) is 15.1 Å². The van der Waals surface area contributed by atoms with Gasteiger partial charge in [0.1, 0.15) is 17.2 Å². The highest BCUT2D eigenvalue weighted by Crippen LogP contribution is 2.36. The van der Waals surface area contributed by atoms with Gasteiger partial charge in [0.25, 0.3) is 0 Å². The summed E-state index contributed by atoms with van der Waals surface area (Å²) in [7, 11) is 0. The number of likely N-dealkylation sites (tertiary alicyclic amines) is 1. The van der Waals surface area contributed by atoms with Gasteiger partial charge in [-0.3, -0.25) is 4.90 Å². The molecule has 6 heteroatoms. The molecule has 0 radical (unpaired) electrons. The Morgan fingerprint density at radius 3 is 2.36 bits per heavy atom. The molecule has 120 valence electrons. The lowest BCUT2D eigenvalue weighted by atomic mass is 9.91. The van der Waals surface area contributed by atoms with Crippen molar-refractivity contribution in [1.29, 1.82) is 0 Å². The van der Waals surface area contributed by atoms with Crippen LogP contribution in [0.2, 0.25) is 0 Å². The summed E-state index contributed by atoms with van der Waals surface area (Å²) in [5, 5.41) is 20.1. The summed E-state index contributed by atoms with van der Waals surface area (Å²) in [4.78, 5) is 24.7.